The van der Waals surface area contributed by atoms with Gasteiger partial charge in [0, 0.05) is 23.0 Å². The van der Waals surface area contributed by atoms with Crippen LogP contribution in [0, 0.1) is 5.41 Å². The van der Waals surface area contributed by atoms with Gasteiger partial charge in [-0.25, -0.2) is 4.79 Å². The number of hydrogen-bond acceptors (Lipinski definition) is 3. The van der Waals surface area contributed by atoms with Gasteiger partial charge in [0.05, 0.1) is 0 Å². The van der Waals surface area contributed by atoms with Gasteiger partial charge in [-0.15, -0.1) is 0 Å². The molecule has 7 heteroatoms. The first-order valence-corrected chi connectivity index (χ1v) is 7.39. The lowest BCUT2D eigenvalue weighted by Gasteiger charge is -2.09. The van der Waals surface area contributed by atoms with Crippen LogP contribution in [0.3, 0.4) is 0 Å². The van der Waals surface area contributed by atoms with Crippen LogP contribution < -0.4 is 16.4 Å². The molecule has 2 rings (SSSR count). The molecule has 0 radical (unpaired) electrons. The van der Waals surface area contributed by atoms with Crippen molar-refractivity contribution in [3.05, 3.63) is 65.7 Å². The number of carboxylic acids is 1. The SMILES string of the molecule is CC(=CC(=O)O)c1ccc(NC(=O)c2cccc(NC(=N)N)c2)cc1. The standard InChI is InChI=1S/C18H18N4O3/c1-11(9-16(23)24)12-5-7-14(8-6-12)21-17(25)13-3-2-4-15(10-13)22-18(19)20/h2-10H,1H3,(H,21,25)(H,23,24)(H4,19,20,22). The summed E-state index contributed by atoms with van der Waals surface area (Å²) in [5.74, 6) is -1.52. The van der Waals surface area contributed by atoms with Crippen molar-refractivity contribution in [3.63, 3.8) is 0 Å². The summed E-state index contributed by atoms with van der Waals surface area (Å²) in [5, 5.41) is 21.4. The van der Waals surface area contributed by atoms with Crippen molar-refractivity contribution >= 4 is 34.8 Å². The van der Waals surface area contributed by atoms with Crippen LogP contribution in [0.25, 0.3) is 5.57 Å². The van der Waals surface area contributed by atoms with Gasteiger partial charge in [-0.1, -0.05) is 18.2 Å². The zero-order valence-electron chi connectivity index (χ0n) is 13.5. The second-order valence-electron chi connectivity index (χ2n) is 5.32. The lowest BCUT2D eigenvalue weighted by molar-refractivity contribution is -0.131. The van der Waals surface area contributed by atoms with Crippen LogP contribution in [-0.2, 0) is 4.79 Å². The Morgan fingerprint density at radius 3 is 2.32 bits per heavy atom. The Morgan fingerprint density at radius 2 is 1.72 bits per heavy atom. The van der Waals surface area contributed by atoms with E-state index in [1.54, 1.807) is 55.5 Å². The normalized spacial score (nSPS) is 10.8. The van der Waals surface area contributed by atoms with Gasteiger partial charge in [0.2, 0.25) is 0 Å². The van der Waals surface area contributed by atoms with Crippen LogP contribution in [0.4, 0.5) is 11.4 Å². The molecule has 25 heavy (non-hydrogen) atoms. The Hall–Kier alpha value is -3.61. The van der Waals surface area contributed by atoms with Crippen molar-refractivity contribution in [2.45, 2.75) is 6.92 Å². The van der Waals surface area contributed by atoms with Crippen molar-refractivity contribution in [3.8, 4) is 0 Å². The molecule has 2 aromatic rings. The number of amides is 1. The number of nitrogens with one attached hydrogen (secondary N) is 3. The minimum absolute atomic E-state index is 0.210. The summed E-state index contributed by atoms with van der Waals surface area (Å²) in [4.78, 5) is 23.0. The van der Waals surface area contributed by atoms with Crippen LogP contribution in [-0.4, -0.2) is 22.9 Å². The lowest BCUT2D eigenvalue weighted by Crippen LogP contribution is -2.20. The fourth-order valence-corrected chi connectivity index (χ4v) is 2.18. The van der Waals surface area contributed by atoms with Crippen molar-refractivity contribution in [2.75, 3.05) is 10.6 Å². The first-order valence-electron chi connectivity index (χ1n) is 7.39. The maximum absolute atomic E-state index is 12.3. The molecule has 0 atom stereocenters. The topological polar surface area (TPSA) is 128 Å². The van der Waals surface area contributed by atoms with Crippen LogP contribution in [0.1, 0.15) is 22.8 Å². The lowest BCUT2D eigenvalue weighted by atomic mass is 10.1. The number of carboxylic acid groups (broad SMARTS) is 1. The molecule has 6 N–H and O–H groups in total. The number of carbonyl (C=O) groups excluding carboxylic acids is 1. The maximum Gasteiger partial charge on any atom is 0.328 e. The van der Waals surface area contributed by atoms with E-state index in [1.165, 1.54) is 0 Å². The van der Waals surface area contributed by atoms with Crippen LogP contribution in [0.15, 0.2) is 54.6 Å². The monoisotopic (exact) mass is 338 g/mol. The van der Waals surface area contributed by atoms with Gasteiger partial charge in [0.15, 0.2) is 5.96 Å². The Bertz CT molecular complexity index is 842. The van der Waals surface area contributed by atoms with Crippen LogP contribution in [0.5, 0.6) is 0 Å². The number of guanidine groups is 1. The largest absolute Gasteiger partial charge is 0.478 e. The fraction of sp³-hybridized carbons (Fsp3) is 0.0556. The zero-order chi connectivity index (χ0) is 18.4. The summed E-state index contributed by atoms with van der Waals surface area (Å²) in [6, 6.07) is 13.5. The third kappa shape index (κ3) is 5.21. The van der Waals surface area contributed by atoms with E-state index in [0.29, 0.717) is 22.5 Å². The quantitative estimate of drug-likeness (QED) is 0.325. The highest BCUT2D eigenvalue weighted by molar-refractivity contribution is 6.05. The number of rotatable bonds is 5. The van der Waals surface area contributed by atoms with E-state index in [4.69, 9.17) is 16.2 Å². The fourth-order valence-electron chi connectivity index (χ4n) is 2.18. The number of benzene rings is 2. The molecule has 0 aliphatic carbocycles. The van der Waals surface area contributed by atoms with Crippen molar-refractivity contribution < 1.29 is 14.7 Å². The smallest absolute Gasteiger partial charge is 0.328 e. The molecule has 2 aromatic carbocycles. The first kappa shape index (κ1) is 17.7. The minimum atomic E-state index is -1.01. The molecule has 0 saturated heterocycles. The minimum Gasteiger partial charge on any atom is -0.478 e. The van der Waals surface area contributed by atoms with Gasteiger partial charge in [-0.05, 0) is 48.4 Å². The highest BCUT2D eigenvalue weighted by Gasteiger charge is 2.07. The average molecular weight is 338 g/mol. The van der Waals surface area contributed by atoms with E-state index in [9.17, 15) is 9.59 Å². The molecule has 0 aromatic heterocycles. The number of carbonyl (C=O) groups is 2. The van der Waals surface area contributed by atoms with Gasteiger partial charge in [-0.2, -0.15) is 0 Å². The second-order valence-corrected chi connectivity index (χ2v) is 5.32. The molecule has 0 fully saturated rings. The first-order chi connectivity index (χ1) is 11.8. The van der Waals surface area contributed by atoms with Gasteiger partial charge in [0.25, 0.3) is 5.91 Å². The predicted molar refractivity (Wildman–Crippen MR) is 97.7 cm³/mol. The number of allylic oxidation sites excluding steroid dienone is 1. The molecule has 7 nitrogen and oxygen atoms in total. The van der Waals surface area contributed by atoms with E-state index in [1.807, 2.05) is 0 Å². The van der Waals surface area contributed by atoms with E-state index >= 15 is 0 Å². The average Bonchev–Trinajstić information content (AvgIpc) is 2.54. The van der Waals surface area contributed by atoms with Crippen LogP contribution in [0.2, 0.25) is 0 Å². The van der Waals surface area contributed by atoms with E-state index in [0.717, 1.165) is 11.6 Å². The van der Waals surface area contributed by atoms with Crippen molar-refractivity contribution in [1.29, 1.82) is 5.41 Å². The van der Waals surface area contributed by atoms with Gasteiger partial charge in [-0.3, -0.25) is 10.2 Å². The Labute approximate surface area is 144 Å². The number of hydrogen-bond donors (Lipinski definition) is 5. The molecule has 0 bridgehead atoms. The van der Waals surface area contributed by atoms with Gasteiger partial charge in [0.1, 0.15) is 0 Å². The molecule has 128 valence electrons. The molecular formula is C18H18N4O3. The molecule has 0 heterocycles. The summed E-state index contributed by atoms with van der Waals surface area (Å²) >= 11 is 0. The van der Waals surface area contributed by atoms with E-state index < -0.39 is 5.97 Å². The number of nitrogens with two attached hydrogens (primary N) is 1. The maximum atomic E-state index is 12.3. The third-order valence-electron chi connectivity index (χ3n) is 3.34. The molecule has 0 aliphatic rings. The van der Waals surface area contributed by atoms with Crippen LogP contribution >= 0.6 is 0 Å². The van der Waals surface area contributed by atoms with Crippen molar-refractivity contribution in [1.82, 2.24) is 0 Å². The Kier molecular flexibility index (Phi) is 5.52. The molecule has 1 amide bonds. The van der Waals surface area contributed by atoms with E-state index in [2.05, 4.69) is 10.6 Å². The highest BCUT2D eigenvalue weighted by Crippen LogP contribution is 2.18. The number of anilines is 2. The molecule has 0 saturated carbocycles. The number of aliphatic carboxylic acids is 1. The van der Waals surface area contributed by atoms with Crippen molar-refractivity contribution in [2.24, 2.45) is 5.73 Å². The molecule has 0 spiro atoms. The predicted octanol–water partition coefficient (Wildman–Crippen LogP) is 2.73. The van der Waals surface area contributed by atoms with E-state index in [-0.39, 0.29) is 11.9 Å². The summed E-state index contributed by atoms with van der Waals surface area (Å²) in [5.41, 5.74) is 8.19. The van der Waals surface area contributed by atoms with Gasteiger partial charge >= 0.3 is 5.97 Å². The zero-order valence-corrected chi connectivity index (χ0v) is 13.5. The second kappa shape index (κ2) is 7.78. The highest BCUT2D eigenvalue weighted by atomic mass is 16.4. The Balaban J connectivity index is 2.10. The molecular weight excluding hydrogens is 320 g/mol. The third-order valence-corrected chi connectivity index (χ3v) is 3.34. The summed E-state index contributed by atoms with van der Waals surface area (Å²) in [6.45, 7) is 1.70. The molecule has 0 unspecified atom stereocenters. The van der Waals surface area contributed by atoms with Gasteiger partial charge < -0.3 is 21.5 Å². The summed E-state index contributed by atoms with van der Waals surface area (Å²) < 4.78 is 0. The Morgan fingerprint density at radius 1 is 1.04 bits per heavy atom. The summed E-state index contributed by atoms with van der Waals surface area (Å²) in [7, 11) is 0. The summed E-state index contributed by atoms with van der Waals surface area (Å²) in [6.07, 6.45) is 1.13. The molecule has 0 aliphatic heterocycles.